The van der Waals surface area contributed by atoms with Crippen molar-refractivity contribution in [1.29, 1.82) is 0 Å². The second kappa shape index (κ2) is 11.1. The van der Waals surface area contributed by atoms with Crippen LogP contribution in [0.3, 0.4) is 0 Å². The third-order valence-corrected chi connectivity index (χ3v) is 6.17. The molecule has 0 aliphatic rings. The summed E-state index contributed by atoms with van der Waals surface area (Å²) in [4.78, 5) is 27.3. The molecule has 174 valence electrons. The number of hydrogen-bond donors (Lipinski definition) is 1. The van der Waals surface area contributed by atoms with Gasteiger partial charge in [-0.1, -0.05) is 37.3 Å². The Morgan fingerprint density at radius 1 is 1.09 bits per heavy atom. The van der Waals surface area contributed by atoms with Gasteiger partial charge in [0, 0.05) is 13.1 Å². The molecule has 2 aromatic rings. The van der Waals surface area contributed by atoms with Crippen LogP contribution in [0.4, 0.5) is 10.1 Å². The third-order valence-electron chi connectivity index (χ3n) is 5.05. The van der Waals surface area contributed by atoms with Crippen molar-refractivity contribution in [2.24, 2.45) is 0 Å². The highest BCUT2D eigenvalue weighted by Gasteiger charge is 2.30. The fourth-order valence-corrected chi connectivity index (χ4v) is 4.11. The SMILES string of the molecule is CCCNC(=O)[C@@H](C)N(Cc1ccc(F)cc1)C(=O)CN(c1ccccc1C)S(C)(=O)=O. The summed E-state index contributed by atoms with van der Waals surface area (Å²) in [6.07, 6.45) is 1.77. The number of amides is 2. The van der Waals surface area contributed by atoms with Crippen LogP contribution in [-0.4, -0.2) is 50.5 Å². The van der Waals surface area contributed by atoms with Crippen molar-refractivity contribution in [2.75, 3.05) is 23.7 Å². The van der Waals surface area contributed by atoms with Gasteiger partial charge in [-0.3, -0.25) is 13.9 Å². The first-order chi connectivity index (χ1) is 15.0. The van der Waals surface area contributed by atoms with Crippen molar-refractivity contribution in [3.63, 3.8) is 0 Å². The number of nitrogens with zero attached hydrogens (tertiary/aromatic N) is 2. The molecule has 9 heteroatoms. The van der Waals surface area contributed by atoms with E-state index in [1.165, 1.54) is 29.2 Å². The van der Waals surface area contributed by atoms with Gasteiger partial charge in [0.15, 0.2) is 0 Å². The van der Waals surface area contributed by atoms with Gasteiger partial charge in [0.1, 0.15) is 18.4 Å². The predicted molar refractivity (Wildman–Crippen MR) is 123 cm³/mol. The summed E-state index contributed by atoms with van der Waals surface area (Å²) in [6, 6.07) is 11.6. The molecule has 1 atom stereocenters. The number of sulfonamides is 1. The molecule has 0 saturated heterocycles. The molecule has 0 bridgehead atoms. The van der Waals surface area contributed by atoms with Crippen LogP contribution >= 0.6 is 0 Å². The van der Waals surface area contributed by atoms with Crippen molar-refractivity contribution in [1.82, 2.24) is 10.2 Å². The summed E-state index contributed by atoms with van der Waals surface area (Å²) < 4.78 is 39.4. The minimum absolute atomic E-state index is 0.0329. The molecular weight excluding hydrogens is 433 g/mol. The Hall–Kier alpha value is -2.94. The summed E-state index contributed by atoms with van der Waals surface area (Å²) in [5.74, 6) is -1.30. The lowest BCUT2D eigenvalue weighted by atomic mass is 10.1. The number of hydrogen-bond acceptors (Lipinski definition) is 4. The molecule has 0 aliphatic heterocycles. The van der Waals surface area contributed by atoms with E-state index in [1.807, 2.05) is 6.92 Å². The van der Waals surface area contributed by atoms with E-state index in [0.29, 0.717) is 23.4 Å². The zero-order valence-electron chi connectivity index (χ0n) is 18.8. The molecule has 0 unspecified atom stereocenters. The van der Waals surface area contributed by atoms with Crippen LogP contribution in [0.25, 0.3) is 0 Å². The van der Waals surface area contributed by atoms with Gasteiger partial charge in [-0.2, -0.15) is 0 Å². The quantitative estimate of drug-likeness (QED) is 0.587. The van der Waals surface area contributed by atoms with Crippen molar-refractivity contribution in [2.45, 2.75) is 39.8 Å². The maximum atomic E-state index is 13.3. The minimum atomic E-state index is -3.77. The topological polar surface area (TPSA) is 86.8 Å². The predicted octanol–water partition coefficient (Wildman–Crippen LogP) is 2.84. The number of anilines is 1. The molecule has 2 aromatic carbocycles. The van der Waals surface area contributed by atoms with Crippen molar-refractivity contribution in [3.05, 3.63) is 65.5 Å². The van der Waals surface area contributed by atoms with Gasteiger partial charge in [0.05, 0.1) is 11.9 Å². The summed E-state index contributed by atoms with van der Waals surface area (Å²) >= 11 is 0. The van der Waals surface area contributed by atoms with Crippen LogP contribution in [0.15, 0.2) is 48.5 Å². The molecule has 7 nitrogen and oxygen atoms in total. The lowest BCUT2D eigenvalue weighted by Crippen LogP contribution is -2.51. The molecule has 0 fully saturated rings. The molecule has 32 heavy (non-hydrogen) atoms. The zero-order valence-corrected chi connectivity index (χ0v) is 19.7. The highest BCUT2D eigenvalue weighted by atomic mass is 32.2. The fraction of sp³-hybridized carbons (Fsp3) is 0.391. The summed E-state index contributed by atoms with van der Waals surface area (Å²) in [5.41, 5.74) is 1.72. The molecule has 0 aromatic heterocycles. The van der Waals surface area contributed by atoms with Gasteiger partial charge in [0.25, 0.3) is 0 Å². The van der Waals surface area contributed by atoms with Crippen LogP contribution in [-0.2, 0) is 26.2 Å². The molecule has 2 rings (SSSR count). The molecule has 0 radical (unpaired) electrons. The van der Waals surface area contributed by atoms with E-state index in [0.717, 1.165) is 17.0 Å². The van der Waals surface area contributed by atoms with E-state index in [4.69, 9.17) is 0 Å². The second-order valence-corrected chi connectivity index (χ2v) is 9.58. The first kappa shape index (κ1) is 25.3. The number of nitrogens with one attached hydrogen (secondary N) is 1. The molecule has 1 N–H and O–H groups in total. The Kier molecular flexibility index (Phi) is 8.77. The van der Waals surface area contributed by atoms with E-state index in [1.54, 1.807) is 38.1 Å². The van der Waals surface area contributed by atoms with Crippen LogP contribution in [0.2, 0.25) is 0 Å². The average Bonchev–Trinajstić information content (AvgIpc) is 2.74. The first-order valence-corrected chi connectivity index (χ1v) is 12.2. The number of rotatable bonds is 10. The van der Waals surface area contributed by atoms with Crippen molar-refractivity contribution >= 4 is 27.5 Å². The maximum absolute atomic E-state index is 13.3. The summed E-state index contributed by atoms with van der Waals surface area (Å²) in [5, 5.41) is 2.76. The van der Waals surface area contributed by atoms with Crippen molar-refractivity contribution in [3.8, 4) is 0 Å². The molecule has 0 saturated carbocycles. The summed E-state index contributed by atoms with van der Waals surface area (Å²) in [6.45, 7) is 5.29. The minimum Gasteiger partial charge on any atom is -0.354 e. The smallest absolute Gasteiger partial charge is 0.244 e. The van der Waals surface area contributed by atoms with Gasteiger partial charge in [-0.25, -0.2) is 12.8 Å². The van der Waals surface area contributed by atoms with Crippen LogP contribution in [0, 0.1) is 12.7 Å². The normalized spacial score (nSPS) is 12.2. The fourth-order valence-electron chi connectivity index (χ4n) is 3.20. The number of benzene rings is 2. The second-order valence-electron chi connectivity index (χ2n) is 7.67. The van der Waals surface area contributed by atoms with E-state index >= 15 is 0 Å². The number of aryl methyl sites for hydroxylation is 1. The number of halogens is 1. The van der Waals surface area contributed by atoms with Gasteiger partial charge in [-0.15, -0.1) is 0 Å². The van der Waals surface area contributed by atoms with Crippen LogP contribution in [0.1, 0.15) is 31.4 Å². The Bertz CT molecular complexity index is 1040. The van der Waals surface area contributed by atoms with Gasteiger partial charge < -0.3 is 10.2 Å². The highest BCUT2D eigenvalue weighted by molar-refractivity contribution is 7.92. The Labute approximate surface area is 189 Å². The number of carbonyl (C=O) groups is 2. The first-order valence-electron chi connectivity index (χ1n) is 10.4. The monoisotopic (exact) mass is 463 g/mol. The average molecular weight is 464 g/mol. The Morgan fingerprint density at radius 3 is 2.28 bits per heavy atom. The number of carbonyl (C=O) groups excluding carboxylic acids is 2. The summed E-state index contributed by atoms with van der Waals surface area (Å²) in [7, 11) is -3.77. The van der Waals surface area contributed by atoms with Crippen LogP contribution < -0.4 is 9.62 Å². The standard InChI is InChI=1S/C23H30FN3O4S/c1-5-14-25-23(29)18(3)26(15-19-10-12-20(24)13-11-19)22(28)16-27(32(4,30)31)21-9-7-6-8-17(21)2/h6-13,18H,5,14-16H2,1-4H3,(H,25,29)/t18-/m1/s1. The Morgan fingerprint density at radius 2 is 1.72 bits per heavy atom. The van der Waals surface area contributed by atoms with Crippen molar-refractivity contribution < 1.29 is 22.4 Å². The Balaban J connectivity index is 2.37. The van der Waals surface area contributed by atoms with Crippen LogP contribution in [0.5, 0.6) is 0 Å². The van der Waals surface area contributed by atoms with E-state index in [2.05, 4.69) is 5.32 Å². The van der Waals surface area contributed by atoms with E-state index in [9.17, 15) is 22.4 Å². The van der Waals surface area contributed by atoms with E-state index < -0.39 is 34.3 Å². The zero-order chi connectivity index (χ0) is 23.9. The largest absolute Gasteiger partial charge is 0.354 e. The lowest BCUT2D eigenvalue weighted by molar-refractivity contribution is -0.139. The molecule has 0 spiro atoms. The van der Waals surface area contributed by atoms with Gasteiger partial charge >= 0.3 is 0 Å². The molecule has 0 heterocycles. The molecular formula is C23H30FN3O4S. The van der Waals surface area contributed by atoms with E-state index in [-0.39, 0.29) is 12.5 Å². The molecule has 2 amide bonds. The molecule has 0 aliphatic carbocycles. The number of para-hydroxylation sites is 1. The maximum Gasteiger partial charge on any atom is 0.244 e. The van der Waals surface area contributed by atoms with Gasteiger partial charge in [-0.05, 0) is 49.6 Å². The lowest BCUT2D eigenvalue weighted by Gasteiger charge is -2.31. The highest BCUT2D eigenvalue weighted by Crippen LogP contribution is 2.22. The third kappa shape index (κ3) is 6.78. The van der Waals surface area contributed by atoms with Gasteiger partial charge in [0.2, 0.25) is 21.8 Å².